The monoisotopic (exact) mass is 354 g/mol. The normalized spacial score (nSPS) is 10.6. The SMILES string of the molecule is O=S(C(=S)c1ccc(O)cc1O)C(=S)c1ccc(O)cc1O. The first-order valence-corrected chi connectivity index (χ1v) is 7.82. The molecule has 0 amide bonds. The summed E-state index contributed by atoms with van der Waals surface area (Å²) in [5, 5.41) is 38.0. The van der Waals surface area contributed by atoms with Gasteiger partial charge in [-0.2, -0.15) is 0 Å². The Labute approximate surface area is 138 Å². The van der Waals surface area contributed by atoms with Gasteiger partial charge < -0.3 is 20.4 Å². The Morgan fingerprint density at radius 3 is 1.45 bits per heavy atom. The summed E-state index contributed by atoms with van der Waals surface area (Å²) in [5.41, 5.74) is 0.207. The van der Waals surface area contributed by atoms with Gasteiger partial charge in [-0.05, 0) is 24.3 Å². The van der Waals surface area contributed by atoms with E-state index >= 15 is 0 Å². The molecule has 0 bridgehead atoms. The third-order valence-electron chi connectivity index (χ3n) is 2.74. The second kappa shape index (κ2) is 6.39. The van der Waals surface area contributed by atoms with Gasteiger partial charge in [-0.25, -0.2) is 4.21 Å². The van der Waals surface area contributed by atoms with Gasteiger partial charge in [-0.3, -0.25) is 0 Å². The van der Waals surface area contributed by atoms with E-state index in [0.717, 1.165) is 12.1 Å². The van der Waals surface area contributed by atoms with Gasteiger partial charge in [-0.15, -0.1) is 0 Å². The van der Waals surface area contributed by atoms with Crippen molar-refractivity contribution in [2.75, 3.05) is 0 Å². The molecule has 2 aromatic carbocycles. The molecule has 0 heterocycles. The van der Waals surface area contributed by atoms with Crippen LogP contribution in [0.2, 0.25) is 0 Å². The van der Waals surface area contributed by atoms with Crippen molar-refractivity contribution in [1.29, 1.82) is 0 Å². The smallest absolute Gasteiger partial charge is 0.128 e. The fraction of sp³-hybridized carbons (Fsp3) is 0. The molecule has 0 unspecified atom stereocenters. The van der Waals surface area contributed by atoms with E-state index in [9.17, 15) is 24.6 Å². The fourth-order valence-electron chi connectivity index (χ4n) is 1.67. The second-order valence-electron chi connectivity index (χ2n) is 4.25. The average molecular weight is 354 g/mol. The molecule has 0 saturated carbocycles. The van der Waals surface area contributed by atoms with Crippen molar-refractivity contribution in [1.82, 2.24) is 0 Å². The van der Waals surface area contributed by atoms with Crippen LogP contribution in [0.1, 0.15) is 11.1 Å². The van der Waals surface area contributed by atoms with E-state index < -0.39 is 10.8 Å². The van der Waals surface area contributed by atoms with Gasteiger partial charge in [0.2, 0.25) is 0 Å². The van der Waals surface area contributed by atoms with E-state index in [2.05, 4.69) is 0 Å². The number of benzene rings is 2. The van der Waals surface area contributed by atoms with Crippen molar-refractivity contribution >= 4 is 43.6 Å². The van der Waals surface area contributed by atoms with Crippen molar-refractivity contribution in [2.45, 2.75) is 0 Å². The minimum absolute atomic E-state index is 0.103. The van der Waals surface area contributed by atoms with E-state index in [1.54, 1.807) is 0 Å². The molecular formula is C14H10O5S3. The minimum Gasteiger partial charge on any atom is -0.508 e. The summed E-state index contributed by atoms with van der Waals surface area (Å²) in [4.78, 5) is 0. The lowest BCUT2D eigenvalue weighted by molar-refractivity contribution is 0.449. The molecule has 0 aliphatic carbocycles. The number of aromatic hydroxyl groups is 4. The number of rotatable bonds is 2. The summed E-state index contributed by atoms with van der Waals surface area (Å²) in [7, 11) is -1.97. The van der Waals surface area contributed by atoms with E-state index in [1.807, 2.05) is 0 Å². The standard InChI is InChI=1S/C14H10O5S3/c15-7-1-3-9(11(17)5-7)13(20)22(19)14(21)10-4-2-8(16)6-12(10)18/h1-6,15-18H. The first-order chi connectivity index (χ1) is 10.3. The van der Waals surface area contributed by atoms with Crippen LogP contribution < -0.4 is 0 Å². The van der Waals surface area contributed by atoms with Crippen LogP contribution in [0.3, 0.4) is 0 Å². The zero-order chi connectivity index (χ0) is 16.4. The Kier molecular flexibility index (Phi) is 4.74. The number of thiocarbonyl (C=S) groups is 2. The lowest BCUT2D eigenvalue weighted by Crippen LogP contribution is -2.16. The Morgan fingerprint density at radius 2 is 1.14 bits per heavy atom. The Bertz CT molecular complexity index is 736. The van der Waals surface area contributed by atoms with Gasteiger partial charge in [0.1, 0.15) is 42.2 Å². The van der Waals surface area contributed by atoms with Crippen molar-refractivity contribution < 1.29 is 24.6 Å². The Hall–Kier alpha value is -2.03. The predicted octanol–water partition coefficient (Wildman–Crippen LogP) is 2.31. The van der Waals surface area contributed by atoms with Crippen LogP contribution in [0.25, 0.3) is 0 Å². The zero-order valence-corrected chi connectivity index (χ0v) is 13.3. The molecule has 0 aromatic heterocycles. The molecule has 0 aliphatic rings. The van der Waals surface area contributed by atoms with Crippen molar-refractivity contribution in [3.8, 4) is 23.0 Å². The predicted molar refractivity (Wildman–Crippen MR) is 91.1 cm³/mol. The van der Waals surface area contributed by atoms with Crippen LogP contribution >= 0.6 is 24.4 Å². The van der Waals surface area contributed by atoms with Crippen LogP contribution in [0.15, 0.2) is 36.4 Å². The minimum atomic E-state index is -1.97. The molecule has 2 rings (SSSR count). The molecule has 0 spiro atoms. The molecule has 0 aliphatic heterocycles. The van der Waals surface area contributed by atoms with Gasteiger partial charge in [0.15, 0.2) is 0 Å². The molecule has 0 atom stereocenters. The molecular weight excluding hydrogens is 344 g/mol. The highest BCUT2D eigenvalue weighted by atomic mass is 32.2. The van der Waals surface area contributed by atoms with E-state index in [1.165, 1.54) is 24.3 Å². The van der Waals surface area contributed by atoms with Gasteiger partial charge in [0, 0.05) is 23.3 Å². The summed E-state index contributed by atoms with van der Waals surface area (Å²) in [5.74, 6) is -0.964. The van der Waals surface area contributed by atoms with Crippen LogP contribution in [-0.4, -0.2) is 33.0 Å². The quantitative estimate of drug-likeness (QED) is 0.614. The molecule has 8 heteroatoms. The molecule has 5 nitrogen and oxygen atoms in total. The summed E-state index contributed by atoms with van der Waals surface area (Å²) in [6.07, 6.45) is 0. The molecule has 0 radical (unpaired) electrons. The van der Waals surface area contributed by atoms with E-state index in [4.69, 9.17) is 24.4 Å². The van der Waals surface area contributed by atoms with Crippen molar-refractivity contribution in [3.63, 3.8) is 0 Å². The van der Waals surface area contributed by atoms with E-state index in [-0.39, 0.29) is 42.5 Å². The number of phenolic OH excluding ortho intramolecular Hbond substituents is 4. The van der Waals surface area contributed by atoms with Gasteiger partial charge in [-0.1, -0.05) is 24.4 Å². The van der Waals surface area contributed by atoms with Gasteiger partial charge in [0.05, 0.1) is 0 Å². The third kappa shape index (κ3) is 3.24. The van der Waals surface area contributed by atoms with Crippen LogP contribution in [-0.2, 0) is 10.8 Å². The summed E-state index contributed by atoms with van der Waals surface area (Å²) in [6.45, 7) is 0. The molecule has 22 heavy (non-hydrogen) atoms. The maximum absolute atomic E-state index is 12.4. The van der Waals surface area contributed by atoms with Crippen molar-refractivity contribution in [2.24, 2.45) is 0 Å². The molecule has 2 aromatic rings. The Balaban J connectivity index is 2.34. The second-order valence-corrected chi connectivity index (χ2v) is 6.93. The summed E-state index contributed by atoms with van der Waals surface area (Å²) in [6, 6.07) is 7.37. The van der Waals surface area contributed by atoms with Crippen LogP contribution in [0.5, 0.6) is 23.0 Å². The average Bonchev–Trinajstić information content (AvgIpc) is 2.45. The topological polar surface area (TPSA) is 98.0 Å². The lowest BCUT2D eigenvalue weighted by Gasteiger charge is -2.09. The summed E-state index contributed by atoms with van der Waals surface area (Å²) < 4.78 is 12.1. The maximum atomic E-state index is 12.4. The largest absolute Gasteiger partial charge is 0.508 e. The molecule has 4 N–H and O–H groups in total. The molecule has 0 fully saturated rings. The molecule has 0 saturated heterocycles. The van der Waals surface area contributed by atoms with Gasteiger partial charge in [0.25, 0.3) is 0 Å². The number of phenols is 4. The molecule has 114 valence electrons. The van der Waals surface area contributed by atoms with E-state index in [0.29, 0.717) is 0 Å². The van der Waals surface area contributed by atoms with Crippen LogP contribution in [0, 0.1) is 0 Å². The Morgan fingerprint density at radius 1 is 0.773 bits per heavy atom. The highest BCUT2D eigenvalue weighted by Crippen LogP contribution is 2.28. The lowest BCUT2D eigenvalue weighted by atomic mass is 10.2. The zero-order valence-electron chi connectivity index (χ0n) is 10.9. The number of hydrogen-bond acceptors (Lipinski definition) is 7. The summed E-state index contributed by atoms with van der Waals surface area (Å²) >= 11 is 10.1. The van der Waals surface area contributed by atoms with Crippen molar-refractivity contribution in [3.05, 3.63) is 47.5 Å². The third-order valence-corrected chi connectivity index (χ3v) is 5.20. The fourth-order valence-corrected chi connectivity index (χ4v) is 3.59. The highest BCUT2D eigenvalue weighted by molar-refractivity contribution is 8.29. The first kappa shape index (κ1) is 16.3. The van der Waals surface area contributed by atoms with Gasteiger partial charge >= 0.3 is 0 Å². The number of hydrogen-bond donors (Lipinski definition) is 4. The van der Waals surface area contributed by atoms with Crippen LogP contribution in [0.4, 0.5) is 0 Å². The first-order valence-electron chi connectivity index (χ1n) is 5.85. The highest BCUT2D eigenvalue weighted by Gasteiger charge is 2.21. The maximum Gasteiger partial charge on any atom is 0.128 e.